The van der Waals surface area contributed by atoms with Crippen molar-refractivity contribution >= 4 is 0 Å². The van der Waals surface area contributed by atoms with Gasteiger partial charge >= 0.3 is 0 Å². The highest BCUT2D eigenvalue weighted by atomic mass is 16.5. The van der Waals surface area contributed by atoms with Crippen molar-refractivity contribution in [2.45, 2.75) is 12.8 Å². The fourth-order valence-electron chi connectivity index (χ4n) is 0.857. The van der Waals surface area contributed by atoms with Gasteiger partial charge < -0.3 is 10.5 Å². The predicted molar refractivity (Wildman–Crippen MR) is 45.7 cm³/mol. The van der Waals surface area contributed by atoms with Crippen molar-refractivity contribution in [3.63, 3.8) is 0 Å². The monoisotopic (exact) mass is 151 g/mol. The van der Waals surface area contributed by atoms with Crippen LogP contribution in [0.1, 0.15) is 12.8 Å². The van der Waals surface area contributed by atoms with Gasteiger partial charge in [-0.15, -0.1) is 0 Å². The van der Waals surface area contributed by atoms with Gasteiger partial charge in [0.25, 0.3) is 0 Å². The summed E-state index contributed by atoms with van der Waals surface area (Å²) in [4.78, 5) is 0. The molecule has 0 amide bonds. The van der Waals surface area contributed by atoms with Gasteiger partial charge in [0.1, 0.15) is 5.76 Å². The molecule has 0 aliphatic carbocycles. The van der Waals surface area contributed by atoms with Gasteiger partial charge in [-0.25, -0.2) is 0 Å². The minimum Gasteiger partial charge on any atom is -0.469 e. The van der Waals surface area contributed by atoms with E-state index in [0.717, 1.165) is 18.6 Å². The van der Waals surface area contributed by atoms with E-state index in [1.165, 1.54) is 0 Å². The smallest absolute Gasteiger partial charge is 0.103 e. The van der Waals surface area contributed by atoms with Crippen LogP contribution in [0.25, 0.3) is 0 Å². The van der Waals surface area contributed by atoms with E-state index < -0.39 is 0 Å². The molecular weight excluding hydrogens is 138 g/mol. The van der Waals surface area contributed by atoms with Crippen LogP contribution in [0.2, 0.25) is 0 Å². The summed E-state index contributed by atoms with van der Waals surface area (Å²) in [6.45, 7) is 0.716. The molecule has 0 fully saturated rings. The quantitative estimate of drug-likeness (QED) is 0.666. The largest absolute Gasteiger partial charge is 0.469 e. The van der Waals surface area contributed by atoms with E-state index in [0.29, 0.717) is 6.54 Å². The fraction of sp³-hybridized carbons (Fsp3) is 0.333. The maximum absolute atomic E-state index is 5.37. The van der Waals surface area contributed by atoms with Crippen molar-refractivity contribution < 1.29 is 4.74 Å². The highest BCUT2D eigenvalue weighted by Gasteiger charge is 1.95. The van der Waals surface area contributed by atoms with E-state index in [1.807, 2.05) is 24.3 Å². The maximum atomic E-state index is 5.37. The zero-order valence-corrected chi connectivity index (χ0v) is 6.49. The highest BCUT2D eigenvalue weighted by molar-refractivity contribution is 5.16. The summed E-state index contributed by atoms with van der Waals surface area (Å²) in [6.07, 6.45) is 11.3. The molecule has 2 N–H and O–H groups in total. The molecule has 0 atom stereocenters. The third-order valence-electron chi connectivity index (χ3n) is 1.43. The van der Waals surface area contributed by atoms with Gasteiger partial charge in [0.15, 0.2) is 0 Å². The molecule has 0 saturated heterocycles. The van der Waals surface area contributed by atoms with Gasteiger partial charge in [-0.2, -0.15) is 0 Å². The summed E-state index contributed by atoms with van der Waals surface area (Å²) in [6, 6.07) is 0. The lowest BCUT2D eigenvalue weighted by atomic mass is 10.2. The molecule has 60 valence electrons. The van der Waals surface area contributed by atoms with E-state index in [4.69, 9.17) is 10.5 Å². The second kappa shape index (κ2) is 4.74. The van der Waals surface area contributed by atoms with Crippen LogP contribution < -0.4 is 5.73 Å². The molecule has 0 spiro atoms. The molecule has 0 bridgehead atoms. The van der Waals surface area contributed by atoms with Gasteiger partial charge in [-0.05, 0) is 25.1 Å². The fourth-order valence-corrected chi connectivity index (χ4v) is 0.857. The molecule has 0 aromatic carbocycles. The van der Waals surface area contributed by atoms with Crippen molar-refractivity contribution in [3.05, 3.63) is 36.3 Å². The second-order valence-electron chi connectivity index (χ2n) is 2.36. The maximum Gasteiger partial charge on any atom is 0.103 e. The Morgan fingerprint density at radius 1 is 1.27 bits per heavy atom. The molecule has 0 radical (unpaired) electrons. The van der Waals surface area contributed by atoms with E-state index in [9.17, 15) is 0 Å². The average molecular weight is 151 g/mol. The van der Waals surface area contributed by atoms with Crippen LogP contribution in [0.15, 0.2) is 36.3 Å². The Hall–Kier alpha value is -1.02. The van der Waals surface area contributed by atoms with E-state index in [-0.39, 0.29) is 0 Å². The Bertz CT molecular complexity index is 192. The van der Waals surface area contributed by atoms with Crippen molar-refractivity contribution in [1.82, 2.24) is 0 Å². The number of allylic oxidation sites excluding steroid dienone is 5. The molecular formula is C9H13NO. The molecule has 0 unspecified atom stereocenters. The zero-order chi connectivity index (χ0) is 7.94. The van der Waals surface area contributed by atoms with Crippen LogP contribution in [0.3, 0.4) is 0 Å². The normalized spacial score (nSPS) is 15.5. The topological polar surface area (TPSA) is 35.2 Å². The van der Waals surface area contributed by atoms with Crippen molar-refractivity contribution in [3.8, 4) is 0 Å². The lowest BCUT2D eigenvalue weighted by Gasteiger charge is -2.02. The third-order valence-corrected chi connectivity index (χ3v) is 1.43. The van der Waals surface area contributed by atoms with Crippen LogP contribution in [-0.2, 0) is 4.74 Å². The molecule has 1 aliphatic rings. The zero-order valence-electron chi connectivity index (χ0n) is 6.49. The number of ether oxygens (including phenoxy) is 1. The molecule has 2 nitrogen and oxygen atoms in total. The van der Waals surface area contributed by atoms with E-state index >= 15 is 0 Å². The van der Waals surface area contributed by atoms with Gasteiger partial charge in [-0.3, -0.25) is 0 Å². The Kier molecular flexibility index (Phi) is 3.48. The van der Waals surface area contributed by atoms with Gasteiger partial charge in [0, 0.05) is 6.42 Å². The molecule has 2 heteroatoms. The lowest BCUT2D eigenvalue weighted by molar-refractivity contribution is 0.332. The standard InChI is InChI=1S/C9H13NO/c10-7-4-6-9-5-2-1-3-8-11-9/h1-3,5,8H,4,6-7,10H2. The summed E-state index contributed by atoms with van der Waals surface area (Å²) in [5.41, 5.74) is 5.37. The van der Waals surface area contributed by atoms with Crippen molar-refractivity contribution in [2.75, 3.05) is 6.54 Å². The van der Waals surface area contributed by atoms with Gasteiger partial charge in [-0.1, -0.05) is 12.2 Å². The molecule has 1 rings (SSSR count). The number of hydrogen-bond acceptors (Lipinski definition) is 2. The molecule has 0 saturated carbocycles. The summed E-state index contributed by atoms with van der Waals surface area (Å²) in [7, 11) is 0. The number of hydrogen-bond donors (Lipinski definition) is 1. The number of nitrogens with two attached hydrogens (primary N) is 1. The first-order valence-electron chi connectivity index (χ1n) is 3.82. The summed E-state index contributed by atoms with van der Waals surface area (Å²) in [5, 5.41) is 0. The first kappa shape index (κ1) is 8.08. The van der Waals surface area contributed by atoms with Crippen LogP contribution >= 0.6 is 0 Å². The molecule has 1 aliphatic heterocycles. The summed E-state index contributed by atoms with van der Waals surface area (Å²) >= 11 is 0. The van der Waals surface area contributed by atoms with Crippen molar-refractivity contribution in [2.24, 2.45) is 5.73 Å². The van der Waals surface area contributed by atoms with Crippen LogP contribution in [0, 0.1) is 0 Å². The van der Waals surface area contributed by atoms with Gasteiger partial charge in [0.05, 0.1) is 6.26 Å². The predicted octanol–water partition coefficient (Wildman–Crippen LogP) is 1.71. The number of rotatable bonds is 3. The summed E-state index contributed by atoms with van der Waals surface area (Å²) < 4.78 is 5.27. The van der Waals surface area contributed by atoms with Crippen LogP contribution in [-0.4, -0.2) is 6.54 Å². The summed E-state index contributed by atoms with van der Waals surface area (Å²) in [5.74, 6) is 0.987. The minimum atomic E-state index is 0.716. The Labute approximate surface area is 67.0 Å². The highest BCUT2D eigenvalue weighted by Crippen LogP contribution is 2.09. The van der Waals surface area contributed by atoms with Crippen LogP contribution in [0.4, 0.5) is 0 Å². The van der Waals surface area contributed by atoms with E-state index in [2.05, 4.69) is 0 Å². The lowest BCUT2D eigenvalue weighted by Crippen LogP contribution is -1.99. The Balaban J connectivity index is 2.38. The molecule has 11 heavy (non-hydrogen) atoms. The first-order valence-corrected chi connectivity index (χ1v) is 3.82. The molecule has 1 heterocycles. The average Bonchev–Trinajstić information content (AvgIpc) is 2.28. The SMILES string of the molecule is NCCCC1=CC=CC=CO1. The third kappa shape index (κ3) is 3.05. The first-order chi connectivity index (χ1) is 5.43. The second-order valence-corrected chi connectivity index (χ2v) is 2.36. The minimum absolute atomic E-state index is 0.716. The van der Waals surface area contributed by atoms with Crippen molar-refractivity contribution in [1.29, 1.82) is 0 Å². The Morgan fingerprint density at radius 3 is 3.00 bits per heavy atom. The Morgan fingerprint density at radius 2 is 2.18 bits per heavy atom. The van der Waals surface area contributed by atoms with Crippen LogP contribution in [0.5, 0.6) is 0 Å². The molecule has 0 aromatic heterocycles. The van der Waals surface area contributed by atoms with Gasteiger partial charge in [0.2, 0.25) is 0 Å². The molecule has 0 aromatic rings. The van der Waals surface area contributed by atoms with E-state index in [1.54, 1.807) is 6.26 Å².